The molecule has 3 aromatic carbocycles. The molecule has 0 radical (unpaired) electrons. The number of nitrogens with one attached hydrogen (secondary N) is 2. The number of piperidine rings is 1. The summed E-state index contributed by atoms with van der Waals surface area (Å²) in [6.45, 7) is 3.25. The molecule has 3 N–H and O–H groups in total. The van der Waals surface area contributed by atoms with Crippen molar-refractivity contribution < 1.29 is 19.4 Å². The number of benzene rings is 3. The number of ether oxygens (including phenoxy) is 1. The number of likely N-dealkylation sites (tertiary alicyclic amines) is 1. The predicted molar refractivity (Wildman–Crippen MR) is 136 cm³/mol. The Balaban J connectivity index is 1.46. The zero-order valence-corrected chi connectivity index (χ0v) is 19.3. The third-order valence-corrected chi connectivity index (χ3v) is 6.33. The molecule has 2 aliphatic rings. The van der Waals surface area contributed by atoms with Crippen LogP contribution in [0.4, 0.5) is 16.2 Å². The number of anilines is 2. The summed E-state index contributed by atoms with van der Waals surface area (Å²) in [4.78, 5) is 26.5. The van der Waals surface area contributed by atoms with E-state index in [4.69, 9.17) is 9.84 Å². The molecule has 35 heavy (non-hydrogen) atoms. The van der Waals surface area contributed by atoms with Crippen LogP contribution in [-0.4, -0.2) is 35.2 Å². The van der Waals surface area contributed by atoms with Crippen LogP contribution in [0.5, 0.6) is 5.75 Å². The zero-order chi connectivity index (χ0) is 24.2. The van der Waals surface area contributed by atoms with E-state index in [1.165, 1.54) is 30.9 Å². The smallest absolute Gasteiger partial charge is 0.449 e. The van der Waals surface area contributed by atoms with Crippen molar-refractivity contribution in [2.75, 3.05) is 23.7 Å². The van der Waals surface area contributed by atoms with E-state index in [9.17, 15) is 9.59 Å². The van der Waals surface area contributed by atoms with Gasteiger partial charge >= 0.3 is 6.16 Å². The molecular formula is C28H27N3O4. The number of carbonyl (C=O) groups excluding carboxylic acids is 1. The third-order valence-electron chi connectivity index (χ3n) is 6.33. The van der Waals surface area contributed by atoms with E-state index >= 15 is 0 Å². The molecule has 1 fully saturated rings. The number of nitrogens with zero attached hydrogens (tertiary/aromatic N) is 1. The lowest BCUT2D eigenvalue weighted by Crippen LogP contribution is -2.29. The molecule has 7 heteroatoms. The first-order valence-corrected chi connectivity index (χ1v) is 11.8. The number of fused-ring (bicyclic) bond motifs is 1. The summed E-state index contributed by atoms with van der Waals surface area (Å²) in [5.41, 5.74) is 5.38. The Morgan fingerprint density at radius 3 is 2.43 bits per heavy atom. The summed E-state index contributed by atoms with van der Waals surface area (Å²) in [5, 5.41) is 15.2. The third kappa shape index (κ3) is 5.20. The van der Waals surface area contributed by atoms with E-state index in [1.807, 2.05) is 42.5 Å². The van der Waals surface area contributed by atoms with Crippen LogP contribution < -0.4 is 15.4 Å². The fourth-order valence-corrected chi connectivity index (χ4v) is 4.66. The first-order chi connectivity index (χ1) is 17.1. The van der Waals surface area contributed by atoms with E-state index < -0.39 is 6.16 Å². The van der Waals surface area contributed by atoms with Crippen LogP contribution in [-0.2, 0) is 11.3 Å². The van der Waals surface area contributed by atoms with Crippen LogP contribution in [0.1, 0.15) is 36.0 Å². The van der Waals surface area contributed by atoms with Gasteiger partial charge in [0, 0.05) is 23.9 Å². The molecule has 0 saturated carbocycles. The first kappa shape index (κ1) is 22.7. The molecule has 1 saturated heterocycles. The predicted octanol–water partition coefficient (Wildman–Crippen LogP) is 5.66. The summed E-state index contributed by atoms with van der Waals surface area (Å²) >= 11 is 0. The van der Waals surface area contributed by atoms with Gasteiger partial charge in [0.1, 0.15) is 5.75 Å². The highest BCUT2D eigenvalue weighted by atomic mass is 16.7. The number of carboxylic acid groups (broad SMARTS) is 1. The Kier molecular flexibility index (Phi) is 6.50. The van der Waals surface area contributed by atoms with Gasteiger partial charge in [0.2, 0.25) is 0 Å². The van der Waals surface area contributed by atoms with Crippen LogP contribution in [0.15, 0.2) is 72.8 Å². The fourth-order valence-electron chi connectivity index (χ4n) is 4.66. The van der Waals surface area contributed by atoms with Gasteiger partial charge in [-0.25, -0.2) is 4.79 Å². The molecule has 0 aromatic heterocycles. The van der Waals surface area contributed by atoms with Crippen molar-refractivity contribution in [1.82, 2.24) is 4.90 Å². The molecular weight excluding hydrogens is 442 g/mol. The molecule has 2 heterocycles. The summed E-state index contributed by atoms with van der Waals surface area (Å²) in [7, 11) is 0. The Labute approximate surface area is 204 Å². The van der Waals surface area contributed by atoms with Crippen LogP contribution in [0.2, 0.25) is 0 Å². The van der Waals surface area contributed by atoms with Gasteiger partial charge < -0.3 is 20.5 Å². The van der Waals surface area contributed by atoms with Crippen molar-refractivity contribution in [3.63, 3.8) is 0 Å². The monoisotopic (exact) mass is 469 g/mol. The molecule has 2 aliphatic heterocycles. The molecule has 178 valence electrons. The lowest BCUT2D eigenvalue weighted by molar-refractivity contribution is -0.110. The maximum absolute atomic E-state index is 13.1. The minimum absolute atomic E-state index is 0.149. The molecule has 7 nitrogen and oxygen atoms in total. The standard InChI is InChI=1S/C28H27N3O4/c32-27-25(23-14-13-22(35-28(33)34)17-24(23)30-27)26(20-7-3-1-4-8-20)29-21-11-9-19(10-12-21)18-31-15-5-2-6-16-31/h1,3-4,7-14,17,29H,2,5-6,15-16,18H2,(H,30,32)(H,33,34)/b26-25-. The molecule has 0 aliphatic carbocycles. The van der Waals surface area contributed by atoms with Crippen molar-refractivity contribution in [2.24, 2.45) is 0 Å². The van der Waals surface area contributed by atoms with Gasteiger partial charge in [-0.15, -0.1) is 0 Å². The average Bonchev–Trinajstić information content (AvgIpc) is 3.19. The van der Waals surface area contributed by atoms with E-state index in [2.05, 4.69) is 27.7 Å². The van der Waals surface area contributed by atoms with E-state index in [-0.39, 0.29) is 11.7 Å². The van der Waals surface area contributed by atoms with E-state index in [1.54, 1.807) is 12.1 Å². The van der Waals surface area contributed by atoms with Crippen LogP contribution >= 0.6 is 0 Å². The molecule has 0 unspecified atom stereocenters. The number of amides is 1. The molecule has 0 atom stereocenters. The topological polar surface area (TPSA) is 90.9 Å². The van der Waals surface area contributed by atoms with Crippen molar-refractivity contribution in [2.45, 2.75) is 25.8 Å². The minimum Gasteiger partial charge on any atom is -0.449 e. The maximum atomic E-state index is 13.1. The molecule has 0 spiro atoms. The van der Waals surface area contributed by atoms with Gasteiger partial charge in [-0.2, -0.15) is 0 Å². The maximum Gasteiger partial charge on any atom is 0.511 e. The normalized spacial score (nSPS) is 16.9. The van der Waals surface area contributed by atoms with Crippen molar-refractivity contribution in [3.8, 4) is 5.75 Å². The Bertz CT molecular complexity index is 1260. The first-order valence-electron chi connectivity index (χ1n) is 11.8. The second-order valence-electron chi connectivity index (χ2n) is 8.80. The quantitative estimate of drug-likeness (QED) is 0.245. The van der Waals surface area contributed by atoms with Gasteiger partial charge in [-0.05, 0) is 61.3 Å². The zero-order valence-electron chi connectivity index (χ0n) is 19.3. The highest BCUT2D eigenvalue weighted by Crippen LogP contribution is 2.39. The minimum atomic E-state index is -1.40. The number of carbonyl (C=O) groups is 2. The van der Waals surface area contributed by atoms with Crippen molar-refractivity contribution in [1.29, 1.82) is 0 Å². The average molecular weight is 470 g/mol. The van der Waals surface area contributed by atoms with Gasteiger partial charge in [0.15, 0.2) is 0 Å². The largest absolute Gasteiger partial charge is 0.511 e. The van der Waals surface area contributed by atoms with E-state index in [0.29, 0.717) is 22.5 Å². The number of hydrogen-bond donors (Lipinski definition) is 3. The van der Waals surface area contributed by atoms with Crippen molar-refractivity contribution >= 4 is 34.7 Å². The number of hydrogen-bond acceptors (Lipinski definition) is 5. The molecule has 3 aromatic rings. The summed E-state index contributed by atoms with van der Waals surface area (Å²) in [6, 6.07) is 22.8. The van der Waals surface area contributed by atoms with Gasteiger partial charge in [-0.3, -0.25) is 9.69 Å². The Morgan fingerprint density at radius 1 is 0.971 bits per heavy atom. The Hall–Kier alpha value is -4.10. The van der Waals surface area contributed by atoms with Crippen LogP contribution in [0, 0.1) is 0 Å². The van der Waals surface area contributed by atoms with E-state index in [0.717, 1.165) is 30.9 Å². The fraction of sp³-hybridized carbons (Fsp3) is 0.214. The number of rotatable bonds is 6. The Morgan fingerprint density at radius 2 is 1.71 bits per heavy atom. The van der Waals surface area contributed by atoms with Crippen LogP contribution in [0.3, 0.4) is 0 Å². The summed E-state index contributed by atoms with van der Waals surface area (Å²) in [6.07, 6.45) is 2.45. The van der Waals surface area contributed by atoms with Crippen molar-refractivity contribution in [3.05, 3.63) is 89.5 Å². The van der Waals surface area contributed by atoms with Crippen LogP contribution in [0.25, 0.3) is 11.3 Å². The van der Waals surface area contributed by atoms with Gasteiger partial charge in [0.25, 0.3) is 5.91 Å². The second-order valence-corrected chi connectivity index (χ2v) is 8.80. The molecule has 5 rings (SSSR count). The summed E-state index contributed by atoms with van der Waals surface area (Å²) in [5.74, 6) is -0.114. The lowest BCUT2D eigenvalue weighted by Gasteiger charge is -2.26. The van der Waals surface area contributed by atoms with Gasteiger partial charge in [-0.1, -0.05) is 48.9 Å². The lowest BCUT2D eigenvalue weighted by atomic mass is 10.00. The summed E-state index contributed by atoms with van der Waals surface area (Å²) < 4.78 is 4.75. The second kappa shape index (κ2) is 10.0. The van der Waals surface area contributed by atoms with Gasteiger partial charge in [0.05, 0.1) is 17.0 Å². The highest BCUT2D eigenvalue weighted by molar-refractivity contribution is 6.37. The SMILES string of the molecule is O=C(O)Oc1ccc2c(c1)NC(=O)/C2=C(\Nc1ccc(CN2CCCCC2)cc1)c1ccccc1. The molecule has 0 bridgehead atoms. The molecule has 1 amide bonds. The highest BCUT2D eigenvalue weighted by Gasteiger charge is 2.29.